The Labute approximate surface area is 272 Å². The van der Waals surface area contributed by atoms with E-state index in [1.165, 1.54) is 31.3 Å². The lowest BCUT2D eigenvalue weighted by atomic mass is 9.96. The van der Waals surface area contributed by atoms with Gasteiger partial charge in [0.15, 0.2) is 0 Å². The van der Waals surface area contributed by atoms with Crippen molar-refractivity contribution in [3.63, 3.8) is 0 Å². The van der Waals surface area contributed by atoms with Crippen molar-refractivity contribution >= 4 is 29.1 Å². The second-order valence-corrected chi connectivity index (χ2v) is 12.3. The average Bonchev–Trinajstić information content (AvgIpc) is 3.57. The molecule has 1 aromatic heterocycles. The number of aliphatic hydroxyl groups is 1. The lowest BCUT2D eigenvalue weighted by Crippen LogP contribution is -2.44. The number of nitrogens with zero attached hydrogens (tertiary/aromatic N) is 2. The van der Waals surface area contributed by atoms with E-state index in [0.717, 1.165) is 16.7 Å². The number of benzene rings is 2. The van der Waals surface area contributed by atoms with Crippen molar-refractivity contribution in [3.8, 4) is 11.1 Å². The highest BCUT2D eigenvalue weighted by Gasteiger charge is 2.27. The minimum Gasteiger partial charge on any atom is -0.469 e. The number of likely N-dealkylation sites (N-methyl/N-ethyl adjacent to an activating group) is 1. The number of esters is 1. The van der Waals surface area contributed by atoms with Gasteiger partial charge in [-0.05, 0) is 35.4 Å². The normalized spacial score (nSPS) is 12.8. The standard InChI is InChI=1S/C31H40N4O5S.C4H10/c1-20(2)26(35(3)28(37)18-32)17-27(36)31-34-25(19-41-31)30(39)33-24(14-15-29(38)40-4)16-21-10-12-23(13-11-21)22-8-6-5-7-9-22;1-3-4-2/h5-13,19-20,24,26-27,36H,14-18,32H2,1-4H3,(H,33,39);3-4H2,1-2H3. The maximum absolute atomic E-state index is 13.2. The number of nitrogens with two attached hydrogens (primary N) is 1. The third-order valence-corrected chi connectivity index (χ3v) is 8.59. The third-order valence-electron chi connectivity index (χ3n) is 7.64. The second kappa shape index (κ2) is 19.7. The second-order valence-electron chi connectivity index (χ2n) is 11.4. The Bertz CT molecular complexity index is 1310. The van der Waals surface area contributed by atoms with Gasteiger partial charge in [0, 0.05) is 37.4 Å². The molecule has 0 aliphatic rings. The predicted molar refractivity (Wildman–Crippen MR) is 181 cm³/mol. The number of hydrogen-bond acceptors (Lipinski definition) is 8. The smallest absolute Gasteiger partial charge is 0.305 e. The van der Waals surface area contributed by atoms with Gasteiger partial charge < -0.3 is 25.8 Å². The van der Waals surface area contributed by atoms with Crippen LogP contribution in [0.2, 0.25) is 0 Å². The van der Waals surface area contributed by atoms with Crippen molar-refractivity contribution in [2.75, 3.05) is 20.7 Å². The molecule has 0 aliphatic heterocycles. The van der Waals surface area contributed by atoms with Gasteiger partial charge in [0.2, 0.25) is 5.91 Å². The number of carbonyl (C=O) groups is 3. The van der Waals surface area contributed by atoms with E-state index >= 15 is 0 Å². The first-order valence-electron chi connectivity index (χ1n) is 15.7. The molecule has 0 saturated carbocycles. The van der Waals surface area contributed by atoms with Gasteiger partial charge in [-0.25, -0.2) is 4.98 Å². The average molecular weight is 639 g/mol. The highest BCUT2D eigenvalue weighted by Crippen LogP contribution is 2.27. The molecule has 10 heteroatoms. The summed E-state index contributed by atoms with van der Waals surface area (Å²) in [4.78, 5) is 43.1. The number of thiazole rings is 1. The van der Waals surface area contributed by atoms with Crippen molar-refractivity contribution in [1.29, 1.82) is 0 Å². The number of carbonyl (C=O) groups excluding carboxylic acids is 3. The molecule has 0 fully saturated rings. The van der Waals surface area contributed by atoms with Crippen molar-refractivity contribution in [3.05, 3.63) is 76.2 Å². The molecular formula is C35H50N4O5S. The molecule has 0 spiro atoms. The lowest BCUT2D eigenvalue weighted by molar-refractivity contribution is -0.140. The molecule has 246 valence electrons. The monoisotopic (exact) mass is 638 g/mol. The van der Waals surface area contributed by atoms with Crippen molar-refractivity contribution in [2.45, 2.75) is 84.4 Å². The first kappa shape index (κ1) is 37.6. The van der Waals surface area contributed by atoms with Gasteiger partial charge in [-0.1, -0.05) is 95.1 Å². The highest BCUT2D eigenvalue weighted by atomic mass is 32.1. The molecule has 9 nitrogen and oxygen atoms in total. The third kappa shape index (κ3) is 12.4. The fraction of sp³-hybridized carbons (Fsp3) is 0.486. The molecule has 3 unspecified atom stereocenters. The molecule has 1 heterocycles. The Morgan fingerprint density at radius 1 is 1.02 bits per heavy atom. The number of hydrogen-bond donors (Lipinski definition) is 3. The number of rotatable bonds is 15. The van der Waals surface area contributed by atoms with E-state index in [1.54, 1.807) is 17.3 Å². The quantitative estimate of drug-likeness (QED) is 0.180. The molecule has 0 saturated heterocycles. The Morgan fingerprint density at radius 3 is 2.20 bits per heavy atom. The van der Waals surface area contributed by atoms with E-state index in [0.29, 0.717) is 17.8 Å². The van der Waals surface area contributed by atoms with Crippen LogP contribution >= 0.6 is 11.3 Å². The predicted octanol–water partition coefficient (Wildman–Crippen LogP) is 5.78. The largest absolute Gasteiger partial charge is 0.469 e. The van der Waals surface area contributed by atoms with Crippen LogP contribution in [0.25, 0.3) is 11.1 Å². The van der Waals surface area contributed by atoms with Crippen LogP contribution in [0.4, 0.5) is 0 Å². The van der Waals surface area contributed by atoms with Crippen LogP contribution in [0.15, 0.2) is 60.0 Å². The van der Waals surface area contributed by atoms with Gasteiger partial charge >= 0.3 is 5.97 Å². The topological polar surface area (TPSA) is 135 Å². The summed E-state index contributed by atoms with van der Waals surface area (Å²) in [6.45, 7) is 8.20. The van der Waals surface area contributed by atoms with E-state index in [9.17, 15) is 19.5 Å². The number of unbranched alkanes of at least 4 members (excludes halogenated alkanes) is 1. The van der Waals surface area contributed by atoms with Gasteiger partial charge in [-0.15, -0.1) is 11.3 Å². The Kier molecular flexibility index (Phi) is 16.5. The lowest BCUT2D eigenvalue weighted by Gasteiger charge is -2.32. The minimum atomic E-state index is -0.944. The molecule has 3 atom stereocenters. The molecule has 45 heavy (non-hydrogen) atoms. The number of aromatic nitrogens is 1. The summed E-state index contributed by atoms with van der Waals surface area (Å²) in [5.41, 5.74) is 8.95. The summed E-state index contributed by atoms with van der Waals surface area (Å²) in [6, 6.07) is 17.6. The number of aliphatic hydroxyl groups excluding tert-OH is 1. The maximum Gasteiger partial charge on any atom is 0.305 e. The molecule has 2 amide bonds. The first-order chi connectivity index (χ1) is 21.5. The van der Waals surface area contributed by atoms with E-state index in [1.807, 2.05) is 68.4 Å². The minimum absolute atomic E-state index is 0.0882. The van der Waals surface area contributed by atoms with Crippen molar-refractivity contribution in [2.24, 2.45) is 11.7 Å². The number of ether oxygens (including phenoxy) is 1. The number of methoxy groups -OCH3 is 1. The van der Waals surface area contributed by atoms with Crippen LogP contribution < -0.4 is 11.1 Å². The maximum atomic E-state index is 13.2. The van der Waals surface area contributed by atoms with Crippen molar-refractivity contribution in [1.82, 2.24) is 15.2 Å². The van der Waals surface area contributed by atoms with Crippen LogP contribution in [0.3, 0.4) is 0 Å². The molecule has 0 bridgehead atoms. The van der Waals surface area contributed by atoms with Gasteiger partial charge in [0.25, 0.3) is 5.91 Å². The summed E-state index contributed by atoms with van der Waals surface area (Å²) >= 11 is 1.19. The Hall–Kier alpha value is -3.60. The molecule has 2 aromatic carbocycles. The van der Waals surface area contributed by atoms with Crippen LogP contribution in [0.5, 0.6) is 0 Å². The zero-order valence-corrected chi connectivity index (χ0v) is 28.3. The first-order valence-corrected chi connectivity index (χ1v) is 16.5. The van der Waals surface area contributed by atoms with E-state index < -0.39 is 6.10 Å². The molecular weight excluding hydrogens is 588 g/mol. The van der Waals surface area contributed by atoms with Gasteiger partial charge in [-0.3, -0.25) is 14.4 Å². The molecule has 3 aromatic rings. The van der Waals surface area contributed by atoms with Crippen LogP contribution in [0, 0.1) is 5.92 Å². The van der Waals surface area contributed by atoms with Gasteiger partial charge in [-0.2, -0.15) is 0 Å². The molecule has 0 radical (unpaired) electrons. The summed E-state index contributed by atoms with van der Waals surface area (Å²) < 4.78 is 4.80. The SMILES string of the molecule is CCCC.COC(=O)CCC(Cc1ccc(-c2ccccc2)cc1)NC(=O)c1csc(C(O)CC(C(C)C)N(C)C(=O)CN)n1. The number of amides is 2. The molecule has 4 N–H and O–H groups in total. The van der Waals surface area contributed by atoms with Crippen LogP contribution in [-0.2, 0) is 20.7 Å². The van der Waals surface area contributed by atoms with E-state index in [4.69, 9.17) is 10.5 Å². The Balaban J connectivity index is 0.00000166. The van der Waals surface area contributed by atoms with E-state index in [-0.39, 0.29) is 60.9 Å². The summed E-state index contributed by atoms with van der Waals surface area (Å²) in [6.07, 6.45) is 3.05. The van der Waals surface area contributed by atoms with Crippen molar-refractivity contribution < 1.29 is 24.2 Å². The number of nitrogens with one attached hydrogen (secondary N) is 1. The fourth-order valence-corrected chi connectivity index (χ4v) is 5.50. The zero-order valence-electron chi connectivity index (χ0n) is 27.5. The summed E-state index contributed by atoms with van der Waals surface area (Å²) in [7, 11) is 3.02. The molecule has 0 aliphatic carbocycles. The van der Waals surface area contributed by atoms with Gasteiger partial charge in [0.1, 0.15) is 16.8 Å². The summed E-state index contributed by atoms with van der Waals surface area (Å²) in [5, 5.41) is 15.9. The summed E-state index contributed by atoms with van der Waals surface area (Å²) in [5.74, 6) is -0.847. The van der Waals surface area contributed by atoms with E-state index in [2.05, 4.69) is 24.1 Å². The van der Waals surface area contributed by atoms with Gasteiger partial charge in [0.05, 0.1) is 13.7 Å². The van der Waals surface area contributed by atoms with Crippen LogP contribution in [-0.4, -0.2) is 65.6 Å². The van der Waals surface area contributed by atoms with Crippen LogP contribution in [0.1, 0.15) is 87.0 Å². The zero-order chi connectivity index (χ0) is 33.4. The fourth-order valence-electron chi connectivity index (χ4n) is 4.71. The Morgan fingerprint density at radius 2 is 1.64 bits per heavy atom. The molecule has 3 rings (SSSR count). The highest BCUT2D eigenvalue weighted by molar-refractivity contribution is 7.09.